The van der Waals surface area contributed by atoms with Crippen LogP contribution in [0, 0.1) is 24.1 Å². The van der Waals surface area contributed by atoms with E-state index in [9.17, 15) is 4.39 Å². The van der Waals surface area contributed by atoms with Crippen molar-refractivity contribution in [2.75, 3.05) is 0 Å². The zero-order valence-corrected chi connectivity index (χ0v) is 13.0. The molecule has 2 aromatic rings. The maximum Gasteiger partial charge on any atom is 0.181 e. The van der Waals surface area contributed by atoms with Crippen LogP contribution in [0.4, 0.5) is 4.39 Å². The predicted molar refractivity (Wildman–Crippen MR) is 77.8 cm³/mol. The fourth-order valence-corrected chi connectivity index (χ4v) is 2.17. The second-order valence-electron chi connectivity index (χ2n) is 3.86. The maximum absolute atomic E-state index is 14.0. The zero-order chi connectivity index (χ0) is 14.0. The van der Waals surface area contributed by atoms with E-state index in [1.54, 1.807) is 12.1 Å². The van der Waals surface area contributed by atoms with Crippen molar-refractivity contribution in [1.82, 2.24) is 0 Å². The first-order valence-corrected chi connectivity index (χ1v) is 6.93. The molecule has 2 aromatic carbocycles. The summed E-state index contributed by atoms with van der Waals surface area (Å²) < 4.78 is 20.5. The van der Waals surface area contributed by atoms with Gasteiger partial charge in [-0.2, -0.15) is 5.26 Å². The summed E-state index contributed by atoms with van der Waals surface area (Å²) in [6.07, 6.45) is 0. The Morgan fingerprint density at radius 2 is 1.95 bits per heavy atom. The average Bonchev–Trinajstić information content (AvgIpc) is 2.40. The molecule has 0 saturated carbocycles. The number of hydrogen-bond donors (Lipinski definition) is 0. The normalized spacial score (nSPS) is 10.1. The van der Waals surface area contributed by atoms with Crippen molar-refractivity contribution in [3.8, 4) is 17.6 Å². The van der Waals surface area contributed by atoms with E-state index in [0.717, 1.165) is 10.0 Å². The van der Waals surface area contributed by atoms with Crippen LogP contribution in [0.25, 0.3) is 0 Å². The number of aryl methyl sites for hydroxylation is 1. The fraction of sp³-hybridized carbons (Fsp3) is 0.0714. The van der Waals surface area contributed by atoms with Crippen molar-refractivity contribution < 1.29 is 9.13 Å². The third kappa shape index (κ3) is 2.96. The van der Waals surface area contributed by atoms with Crippen molar-refractivity contribution in [1.29, 1.82) is 5.26 Å². The number of hydrogen-bond acceptors (Lipinski definition) is 2. The van der Waals surface area contributed by atoms with Crippen LogP contribution in [-0.4, -0.2) is 0 Å². The van der Waals surface area contributed by atoms with E-state index in [2.05, 4.69) is 31.9 Å². The van der Waals surface area contributed by atoms with Crippen LogP contribution in [0.2, 0.25) is 0 Å². The summed E-state index contributed by atoms with van der Waals surface area (Å²) in [7, 11) is 0. The van der Waals surface area contributed by atoms with Crippen LogP contribution < -0.4 is 4.74 Å². The van der Waals surface area contributed by atoms with Gasteiger partial charge in [-0.05, 0) is 58.7 Å². The molecule has 0 radical (unpaired) electrons. The molecule has 0 bridgehead atoms. The summed E-state index contributed by atoms with van der Waals surface area (Å²) in [5.74, 6) is 0.0310. The second-order valence-corrected chi connectivity index (χ2v) is 5.51. The summed E-state index contributed by atoms with van der Waals surface area (Å²) in [6.45, 7) is 1.92. The Bertz CT molecular complexity index is 680. The highest BCUT2D eigenvalue weighted by Crippen LogP contribution is 2.32. The van der Waals surface area contributed by atoms with Gasteiger partial charge in [0.15, 0.2) is 11.6 Å². The molecule has 0 saturated heterocycles. The van der Waals surface area contributed by atoms with Crippen LogP contribution >= 0.6 is 31.9 Å². The number of nitrogens with zero attached hydrogens (tertiary/aromatic N) is 1. The Kier molecular flexibility index (Phi) is 4.23. The molecule has 96 valence electrons. The van der Waals surface area contributed by atoms with Gasteiger partial charge in [0.25, 0.3) is 0 Å². The Morgan fingerprint density at radius 3 is 2.58 bits per heavy atom. The molecular weight excluding hydrogens is 377 g/mol. The van der Waals surface area contributed by atoms with Gasteiger partial charge in [-0.15, -0.1) is 0 Å². The van der Waals surface area contributed by atoms with E-state index in [4.69, 9.17) is 10.00 Å². The molecule has 0 heterocycles. The fourth-order valence-electron chi connectivity index (χ4n) is 1.50. The lowest BCUT2D eigenvalue weighted by Gasteiger charge is -2.09. The molecule has 2 rings (SSSR count). The molecule has 19 heavy (non-hydrogen) atoms. The smallest absolute Gasteiger partial charge is 0.181 e. The molecule has 0 amide bonds. The Morgan fingerprint density at radius 1 is 1.21 bits per heavy atom. The number of benzene rings is 2. The lowest BCUT2D eigenvalue weighted by molar-refractivity contribution is 0.440. The first-order chi connectivity index (χ1) is 9.02. The first kappa shape index (κ1) is 14.0. The quantitative estimate of drug-likeness (QED) is 0.701. The lowest BCUT2D eigenvalue weighted by atomic mass is 10.2. The van der Waals surface area contributed by atoms with Crippen molar-refractivity contribution in [3.63, 3.8) is 0 Å². The Balaban J connectivity index is 2.36. The van der Waals surface area contributed by atoms with Crippen LogP contribution in [0.5, 0.6) is 11.5 Å². The maximum atomic E-state index is 14.0. The van der Waals surface area contributed by atoms with E-state index in [1.807, 2.05) is 19.1 Å². The monoisotopic (exact) mass is 383 g/mol. The van der Waals surface area contributed by atoms with Crippen molar-refractivity contribution in [2.45, 2.75) is 6.92 Å². The molecular formula is C14H8Br2FNO. The standard InChI is InChI=1S/C14H8Br2FNO/c1-8-6-10(3-4-11(8)15)19-12-5-2-9(7-18)13(16)14(12)17/h2-6H,1H3. The third-order valence-corrected chi connectivity index (χ3v) is 4.19. The summed E-state index contributed by atoms with van der Waals surface area (Å²) in [5.41, 5.74) is 1.22. The number of rotatable bonds is 2. The van der Waals surface area contributed by atoms with Crippen molar-refractivity contribution in [2.24, 2.45) is 0 Å². The van der Waals surface area contributed by atoms with Gasteiger partial charge in [0.2, 0.25) is 0 Å². The van der Waals surface area contributed by atoms with E-state index >= 15 is 0 Å². The van der Waals surface area contributed by atoms with Gasteiger partial charge >= 0.3 is 0 Å². The summed E-state index contributed by atoms with van der Waals surface area (Å²) in [4.78, 5) is 0. The molecule has 0 aliphatic carbocycles. The van der Waals surface area contributed by atoms with Gasteiger partial charge in [-0.25, -0.2) is 4.39 Å². The van der Waals surface area contributed by atoms with Gasteiger partial charge < -0.3 is 4.74 Å². The van der Waals surface area contributed by atoms with Gasteiger partial charge in [-0.3, -0.25) is 0 Å². The topological polar surface area (TPSA) is 33.0 Å². The minimum atomic E-state index is -0.584. The summed E-state index contributed by atoms with van der Waals surface area (Å²) in [6, 6.07) is 10.2. The molecule has 2 nitrogen and oxygen atoms in total. The second kappa shape index (κ2) is 5.72. The minimum absolute atomic E-state index is 0.0765. The number of ether oxygens (including phenoxy) is 1. The predicted octanol–water partition coefficient (Wildman–Crippen LogP) is 5.32. The van der Waals surface area contributed by atoms with E-state index in [0.29, 0.717) is 5.75 Å². The molecule has 0 aliphatic rings. The van der Waals surface area contributed by atoms with E-state index in [1.165, 1.54) is 12.1 Å². The van der Waals surface area contributed by atoms with E-state index < -0.39 is 5.82 Å². The Labute approximate surface area is 127 Å². The molecule has 0 unspecified atom stereocenters. The summed E-state index contributed by atoms with van der Waals surface area (Å²) in [5, 5.41) is 8.80. The molecule has 0 atom stereocenters. The average molecular weight is 385 g/mol. The van der Waals surface area contributed by atoms with Crippen LogP contribution in [0.3, 0.4) is 0 Å². The third-order valence-electron chi connectivity index (χ3n) is 2.52. The van der Waals surface area contributed by atoms with Gasteiger partial charge in [-0.1, -0.05) is 15.9 Å². The highest BCUT2D eigenvalue weighted by atomic mass is 79.9. The molecule has 0 spiro atoms. The van der Waals surface area contributed by atoms with Crippen LogP contribution in [-0.2, 0) is 0 Å². The highest BCUT2D eigenvalue weighted by molar-refractivity contribution is 9.10. The Hall–Kier alpha value is -1.38. The van der Waals surface area contributed by atoms with Crippen molar-refractivity contribution >= 4 is 31.9 Å². The SMILES string of the molecule is Cc1cc(Oc2ccc(C#N)c(Br)c2F)ccc1Br. The number of nitriles is 1. The first-order valence-electron chi connectivity index (χ1n) is 5.35. The molecule has 5 heteroatoms. The van der Waals surface area contributed by atoms with Crippen molar-refractivity contribution in [3.05, 3.63) is 56.2 Å². The lowest BCUT2D eigenvalue weighted by Crippen LogP contribution is -1.92. The largest absolute Gasteiger partial charge is 0.454 e. The van der Waals surface area contributed by atoms with Crippen LogP contribution in [0.1, 0.15) is 11.1 Å². The highest BCUT2D eigenvalue weighted by Gasteiger charge is 2.13. The molecule has 0 N–H and O–H groups in total. The number of halogens is 3. The molecule has 0 fully saturated rings. The van der Waals surface area contributed by atoms with E-state index in [-0.39, 0.29) is 15.8 Å². The van der Waals surface area contributed by atoms with Crippen LogP contribution in [0.15, 0.2) is 39.3 Å². The molecule has 0 aliphatic heterocycles. The summed E-state index contributed by atoms with van der Waals surface area (Å²) >= 11 is 6.43. The van der Waals surface area contributed by atoms with Gasteiger partial charge in [0.1, 0.15) is 11.8 Å². The zero-order valence-electron chi connectivity index (χ0n) is 9.88. The van der Waals surface area contributed by atoms with Gasteiger partial charge in [0.05, 0.1) is 10.0 Å². The minimum Gasteiger partial charge on any atom is -0.454 e. The van der Waals surface area contributed by atoms with Gasteiger partial charge in [0, 0.05) is 4.47 Å². The molecule has 0 aromatic heterocycles.